The number of benzene rings is 2. The van der Waals surface area contributed by atoms with Gasteiger partial charge in [-0.1, -0.05) is 29.8 Å². The molecular weight excluding hydrogens is 220 g/mol. The molecule has 0 bridgehead atoms. The fraction of sp³-hybridized carbons (Fsp3) is 0.125. The van der Waals surface area contributed by atoms with E-state index in [1.54, 1.807) is 34.9 Å². The molecule has 3 rings (SSSR count). The van der Waals surface area contributed by atoms with Crippen molar-refractivity contribution >= 4 is 18.1 Å². The molecule has 18 heavy (non-hydrogen) atoms. The van der Waals surface area contributed by atoms with Gasteiger partial charge < -0.3 is 4.90 Å². The highest BCUT2D eigenvalue weighted by Crippen LogP contribution is 2.42. The maximum atomic E-state index is 7.87. The third kappa shape index (κ3) is 1.50. The normalized spacial score (nSPS) is 20.3. The average molecular weight is 242 g/mol. The zero-order chi connectivity index (χ0) is 17.7. The van der Waals surface area contributed by atoms with Crippen molar-refractivity contribution in [1.82, 2.24) is 0 Å². The van der Waals surface area contributed by atoms with Crippen molar-refractivity contribution in [2.75, 3.05) is 11.9 Å². The Morgan fingerprint density at radius 1 is 1.17 bits per heavy atom. The van der Waals surface area contributed by atoms with Gasteiger partial charge in [0.15, 0.2) is 5.69 Å². The molecule has 0 unspecified atom stereocenters. The van der Waals surface area contributed by atoms with E-state index in [1.165, 1.54) is 17.0 Å². The molecule has 0 amide bonds. The molecule has 0 saturated heterocycles. The Balaban J connectivity index is 2.08. The van der Waals surface area contributed by atoms with Crippen LogP contribution >= 0.6 is 0 Å². The third-order valence-corrected chi connectivity index (χ3v) is 3.02. The molecule has 0 spiro atoms. The van der Waals surface area contributed by atoms with Gasteiger partial charge in [0.1, 0.15) is 0 Å². The second-order valence-electron chi connectivity index (χ2n) is 4.15. The van der Waals surface area contributed by atoms with Gasteiger partial charge >= 0.3 is 0 Å². The van der Waals surface area contributed by atoms with E-state index >= 15 is 0 Å². The summed E-state index contributed by atoms with van der Waals surface area (Å²) in [6.45, 7) is -0.622. The van der Waals surface area contributed by atoms with Crippen molar-refractivity contribution in [3.05, 3.63) is 65.8 Å². The van der Waals surface area contributed by atoms with E-state index < -0.39 is 13.8 Å². The molecule has 2 nitrogen and oxygen atoms in total. The predicted octanol–water partition coefficient (Wildman–Crippen LogP) is 3.33. The van der Waals surface area contributed by atoms with E-state index in [2.05, 4.69) is 6.72 Å². The van der Waals surface area contributed by atoms with E-state index in [4.69, 9.17) is 8.22 Å². The number of para-hydroxylation sites is 2. The minimum atomic E-state index is -2.39. The molecule has 0 radical (unpaired) electrons. The second-order valence-corrected chi connectivity index (χ2v) is 4.15. The van der Waals surface area contributed by atoms with Gasteiger partial charge in [-0.25, -0.2) is 4.58 Å². The van der Waals surface area contributed by atoms with Gasteiger partial charge in [0.05, 0.1) is 12.4 Å². The molecule has 2 heteroatoms. The van der Waals surface area contributed by atoms with Crippen molar-refractivity contribution in [3.8, 4) is 0 Å². The van der Waals surface area contributed by atoms with Gasteiger partial charge in [0.25, 0.3) is 0 Å². The lowest BCUT2D eigenvalue weighted by Crippen LogP contribution is -2.25. The minimum absolute atomic E-state index is 0.207. The number of fused-ring (bicyclic) bond motifs is 1. The summed E-state index contributed by atoms with van der Waals surface area (Å²) < 4.78 is 47.5. The van der Waals surface area contributed by atoms with Crippen LogP contribution in [0.1, 0.15) is 19.4 Å². The van der Waals surface area contributed by atoms with Gasteiger partial charge in [-0.15, -0.1) is 12.1 Å². The Bertz CT molecular complexity index is 776. The van der Waals surface area contributed by atoms with Gasteiger partial charge in [-0.2, -0.15) is 0 Å². The molecule has 0 fully saturated rings. The molecule has 0 N–H and O–H groups in total. The Morgan fingerprint density at radius 3 is 2.67 bits per heavy atom. The van der Waals surface area contributed by atoms with Gasteiger partial charge in [-0.3, -0.25) is 0 Å². The predicted molar refractivity (Wildman–Crippen MR) is 75.4 cm³/mol. The van der Waals surface area contributed by atoms with Crippen molar-refractivity contribution in [1.29, 1.82) is 0 Å². The minimum Gasteiger partial charge on any atom is -0.325 e. The van der Waals surface area contributed by atoms with Crippen LogP contribution in [0.3, 0.4) is 0 Å². The highest BCUT2D eigenvalue weighted by molar-refractivity contribution is 5.71. The van der Waals surface area contributed by atoms with Crippen LogP contribution in [0.5, 0.6) is 0 Å². The Kier molecular flexibility index (Phi) is 1.33. The lowest BCUT2D eigenvalue weighted by Gasteiger charge is -2.21. The molecule has 0 aromatic heterocycles. The highest BCUT2D eigenvalue weighted by Gasteiger charge is 2.33. The fourth-order valence-electron chi connectivity index (χ4n) is 2.13. The first-order valence-electron chi connectivity index (χ1n) is 8.58. The van der Waals surface area contributed by atoms with Crippen LogP contribution < -0.4 is 4.90 Å². The summed E-state index contributed by atoms with van der Waals surface area (Å²) in [6, 6.07) is 13.3. The number of hydrogen-bond donors (Lipinski definition) is 0. The van der Waals surface area contributed by atoms with E-state index in [-0.39, 0.29) is 5.56 Å². The lowest BCUT2D eigenvalue weighted by molar-refractivity contribution is -0.399. The van der Waals surface area contributed by atoms with E-state index in [1.807, 2.05) is 6.07 Å². The standard InChI is InChI=1S/C16H16N2/c1-12-8-10-13(11-9-12)16-17(2)14-6-4-5-7-15(14)18(16)3/h4-11H,2H2,1,3H3/i1D3,3D3. The summed E-state index contributed by atoms with van der Waals surface area (Å²) in [4.78, 5) is 1.25. The number of nitrogens with zero attached hydrogens (tertiary/aromatic N) is 2. The molecule has 0 aliphatic carbocycles. The molecule has 90 valence electrons. The molecule has 1 aliphatic heterocycles. The molecule has 2 aromatic carbocycles. The van der Waals surface area contributed by atoms with Crippen LogP contribution in [-0.2, 0) is 0 Å². The summed E-state index contributed by atoms with van der Waals surface area (Å²) in [6.07, 6.45) is 0.397. The van der Waals surface area contributed by atoms with Crippen LogP contribution in [0.15, 0.2) is 48.5 Å². The van der Waals surface area contributed by atoms with Crippen LogP contribution in [-0.4, -0.2) is 18.3 Å². The molecule has 1 heterocycles. The molecule has 0 saturated carbocycles. The Hall–Kier alpha value is -2.22. The number of aryl methyl sites for hydroxylation is 1. The summed E-state index contributed by atoms with van der Waals surface area (Å²) in [5, 5.41) is 0. The summed E-state index contributed by atoms with van der Waals surface area (Å²) in [5.41, 5.74) is 2.02. The zero-order valence-corrected chi connectivity index (χ0v) is 9.72. The van der Waals surface area contributed by atoms with Gasteiger partial charge in [-0.05, 0) is 24.5 Å². The lowest BCUT2D eigenvalue weighted by atomic mass is 10.1. The summed E-state index contributed by atoms with van der Waals surface area (Å²) >= 11 is 0. The molecule has 0 atom stereocenters. The largest absolute Gasteiger partial charge is 0.325 e. The number of anilines is 1. The first-order chi connectivity index (χ1) is 11.1. The van der Waals surface area contributed by atoms with Crippen molar-refractivity contribution in [2.24, 2.45) is 0 Å². The van der Waals surface area contributed by atoms with Gasteiger partial charge in [0.2, 0.25) is 6.17 Å². The topological polar surface area (TPSA) is 6.25 Å². The average Bonchev–Trinajstić information content (AvgIpc) is 2.80. The third-order valence-electron chi connectivity index (χ3n) is 3.02. The first-order valence-corrected chi connectivity index (χ1v) is 5.58. The Labute approximate surface area is 116 Å². The van der Waals surface area contributed by atoms with Crippen molar-refractivity contribution in [2.45, 2.75) is 6.85 Å². The highest BCUT2D eigenvalue weighted by atomic mass is 15.3. The fourth-order valence-corrected chi connectivity index (χ4v) is 2.13. The zero-order valence-electron chi connectivity index (χ0n) is 15.7. The van der Waals surface area contributed by atoms with Crippen LogP contribution in [0.2, 0.25) is 0 Å². The van der Waals surface area contributed by atoms with E-state index in [0.717, 1.165) is 0 Å². The molecule has 1 aliphatic rings. The number of rotatable bonds is 1. The maximum Gasteiger partial charge on any atom is 0.216 e. The van der Waals surface area contributed by atoms with E-state index in [0.29, 0.717) is 23.1 Å². The smallest absolute Gasteiger partial charge is 0.216 e. The Morgan fingerprint density at radius 2 is 1.94 bits per heavy atom. The van der Waals surface area contributed by atoms with Gasteiger partial charge in [0, 0.05) is 15.2 Å². The van der Waals surface area contributed by atoms with E-state index in [9.17, 15) is 0 Å². The van der Waals surface area contributed by atoms with Crippen LogP contribution in [0.25, 0.3) is 0 Å². The monoisotopic (exact) mass is 242 g/mol. The quantitative estimate of drug-likeness (QED) is 0.549. The second kappa shape index (κ2) is 3.91. The SMILES string of the molecule is [2H]C([2H])([2H])c1ccc([C-]2N(C([2H])([2H])[2H])c3ccccc3[N+]2=C)cc1. The van der Waals surface area contributed by atoms with Crippen molar-refractivity contribution < 1.29 is 12.8 Å². The summed E-state index contributed by atoms with van der Waals surface area (Å²) in [5.74, 6) is 0. The van der Waals surface area contributed by atoms with Crippen LogP contribution in [0.4, 0.5) is 11.4 Å². The summed E-state index contributed by atoms with van der Waals surface area (Å²) in [7, 11) is 0. The number of hydrogen-bond acceptors (Lipinski definition) is 1. The van der Waals surface area contributed by atoms with Crippen molar-refractivity contribution in [3.63, 3.8) is 0 Å². The molecule has 2 aromatic rings. The first kappa shape index (κ1) is 6.10. The maximum absolute atomic E-state index is 7.87. The molecular formula is C16H16N2. The van der Waals surface area contributed by atoms with Crippen LogP contribution in [0, 0.1) is 13.0 Å².